The van der Waals surface area contributed by atoms with Gasteiger partial charge in [0, 0.05) is 7.05 Å². The summed E-state index contributed by atoms with van der Waals surface area (Å²) >= 11 is 0. The molecule has 130 valence electrons. The van der Waals surface area contributed by atoms with Gasteiger partial charge in [0.15, 0.2) is 17.6 Å². The predicted molar refractivity (Wildman–Crippen MR) is 89.2 cm³/mol. The van der Waals surface area contributed by atoms with Crippen molar-refractivity contribution in [2.45, 2.75) is 13.0 Å². The first-order chi connectivity index (χ1) is 12.0. The average Bonchev–Trinajstić information content (AvgIpc) is 2.60. The number of carboxylic acid groups (broad SMARTS) is 1. The number of benzene rings is 1. The number of aryl methyl sites for hydroxylation is 1. The predicted octanol–water partition coefficient (Wildman–Crippen LogP) is 2.00. The molecule has 1 aliphatic heterocycles. The van der Waals surface area contributed by atoms with E-state index < -0.39 is 5.97 Å². The molecule has 3 rings (SSSR count). The molecule has 0 radical (unpaired) electrons. The zero-order chi connectivity index (χ0) is 18.0. The van der Waals surface area contributed by atoms with Gasteiger partial charge in [-0.3, -0.25) is 4.79 Å². The maximum absolute atomic E-state index is 12.5. The highest BCUT2D eigenvalue weighted by Gasteiger charge is 2.25. The molecule has 0 spiro atoms. The summed E-state index contributed by atoms with van der Waals surface area (Å²) in [6.45, 7) is 2.24. The topological polar surface area (TPSA) is 89.0 Å². The van der Waals surface area contributed by atoms with Crippen molar-refractivity contribution in [1.82, 2.24) is 9.88 Å². The largest absolute Gasteiger partial charge is 0.486 e. The van der Waals surface area contributed by atoms with Gasteiger partial charge in [-0.2, -0.15) is 0 Å². The van der Waals surface area contributed by atoms with E-state index in [1.165, 1.54) is 17.0 Å². The van der Waals surface area contributed by atoms with E-state index in [-0.39, 0.29) is 23.3 Å². The highest BCUT2D eigenvalue weighted by atomic mass is 16.6. The molecule has 7 heteroatoms. The van der Waals surface area contributed by atoms with Crippen molar-refractivity contribution in [3.8, 4) is 11.5 Å². The van der Waals surface area contributed by atoms with Crippen LogP contribution in [0.1, 0.15) is 26.5 Å². The highest BCUT2D eigenvalue weighted by Crippen LogP contribution is 2.31. The van der Waals surface area contributed by atoms with Crippen LogP contribution in [0.3, 0.4) is 0 Å². The van der Waals surface area contributed by atoms with Crippen LogP contribution in [0.15, 0.2) is 36.4 Å². The maximum atomic E-state index is 12.5. The zero-order valence-corrected chi connectivity index (χ0v) is 13.9. The Hall–Kier alpha value is -3.09. The standard InChI is InChI=1S/C18H18N2O5/c1-11-13(18(22)23)7-8-14(19-11)17(21)20(2)9-12-10-24-15-5-3-4-6-16(15)25-12/h3-8,12H,9-10H2,1-2H3,(H,22,23)/t12-/m0/s1. The van der Waals surface area contributed by atoms with Gasteiger partial charge in [-0.15, -0.1) is 0 Å². The summed E-state index contributed by atoms with van der Waals surface area (Å²) in [5, 5.41) is 9.04. The number of rotatable bonds is 4. The second-order valence-electron chi connectivity index (χ2n) is 5.82. The van der Waals surface area contributed by atoms with E-state index in [9.17, 15) is 9.59 Å². The minimum absolute atomic E-state index is 0.0832. The van der Waals surface area contributed by atoms with E-state index in [0.717, 1.165) is 0 Å². The highest BCUT2D eigenvalue weighted by molar-refractivity contribution is 5.94. The van der Waals surface area contributed by atoms with Gasteiger partial charge in [0.1, 0.15) is 12.3 Å². The minimum Gasteiger partial charge on any atom is -0.486 e. The second kappa shape index (κ2) is 6.80. The van der Waals surface area contributed by atoms with Crippen LogP contribution in [0.4, 0.5) is 0 Å². The molecule has 0 unspecified atom stereocenters. The molecule has 1 atom stereocenters. The molecule has 0 saturated carbocycles. The lowest BCUT2D eigenvalue weighted by Gasteiger charge is -2.29. The number of aromatic nitrogens is 1. The molecule has 2 aromatic rings. The number of ether oxygens (including phenoxy) is 2. The fourth-order valence-electron chi connectivity index (χ4n) is 2.64. The van der Waals surface area contributed by atoms with Gasteiger partial charge in [-0.25, -0.2) is 9.78 Å². The first-order valence-corrected chi connectivity index (χ1v) is 7.80. The molecule has 1 aromatic carbocycles. The molecule has 1 aromatic heterocycles. The van der Waals surface area contributed by atoms with Crippen molar-refractivity contribution in [3.05, 3.63) is 53.3 Å². The molecular formula is C18H18N2O5. The Kier molecular flexibility index (Phi) is 4.56. The Morgan fingerprint density at radius 2 is 1.96 bits per heavy atom. The van der Waals surface area contributed by atoms with Crippen LogP contribution < -0.4 is 9.47 Å². The first kappa shape index (κ1) is 16.8. The van der Waals surface area contributed by atoms with Gasteiger partial charge in [0.2, 0.25) is 0 Å². The molecular weight excluding hydrogens is 324 g/mol. The molecule has 0 bridgehead atoms. The average molecular weight is 342 g/mol. The Labute approximate surface area is 144 Å². The van der Waals surface area contributed by atoms with Gasteiger partial charge >= 0.3 is 5.97 Å². The number of pyridine rings is 1. The number of hydrogen-bond acceptors (Lipinski definition) is 5. The summed E-state index contributed by atoms with van der Waals surface area (Å²) < 4.78 is 11.5. The molecule has 0 aliphatic carbocycles. The molecule has 7 nitrogen and oxygen atoms in total. The third-order valence-corrected chi connectivity index (χ3v) is 3.93. The van der Waals surface area contributed by atoms with Gasteiger partial charge in [-0.1, -0.05) is 12.1 Å². The smallest absolute Gasteiger partial charge is 0.337 e. The van der Waals surface area contributed by atoms with Crippen molar-refractivity contribution < 1.29 is 24.2 Å². The summed E-state index contributed by atoms with van der Waals surface area (Å²) in [5.74, 6) is -0.0278. The summed E-state index contributed by atoms with van der Waals surface area (Å²) in [5.41, 5.74) is 0.583. The number of likely N-dealkylation sites (N-methyl/N-ethyl adjacent to an activating group) is 1. The Morgan fingerprint density at radius 3 is 2.64 bits per heavy atom. The number of para-hydroxylation sites is 2. The molecule has 1 N–H and O–H groups in total. The van der Waals surface area contributed by atoms with E-state index in [1.54, 1.807) is 14.0 Å². The van der Waals surface area contributed by atoms with E-state index in [4.69, 9.17) is 14.6 Å². The van der Waals surface area contributed by atoms with Crippen LogP contribution in [-0.4, -0.2) is 53.2 Å². The van der Waals surface area contributed by atoms with E-state index in [0.29, 0.717) is 30.3 Å². The number of carboxylic acids is 1. The fraction of sp³-hybridized carbons (Fsp3) is 0.278. The second-order valence-corrected chi connectivity index (χ2v) is 5.82. The number of carbonyl (C=O) groups excluding carboxylic acids is 1. The Balaban J connectivity index is 1.67. The third kappa shape index (κ3) is 3.55. The Bertz CT molecular complexity index is 821. The lowest BCUT2D eigenvalue weighted by molar-refractivity contribution is 0.0516. The van der Waals surface area contributed by atoms with Crippen molar-refractivity contribution in [3.63, 3.8) is 0 Å². The molecule has 0 fully saturated rings. The monoisotopic (exact) mass is 342 g/mol. The zero-order valence-electron chi connectivity index (χ0n) is 13.9. The van der Waals surface area contributed by atoms with E-state index in [2.05, 4.69) is 4.98 Å². The minimum atomic E-state index is -1.07. The Morgan fingerprint density at radius 1 is 1.24 bits per heavy atom. The van der Waals surface area contributed by atoms with E-state index in [1.807, 2.05) is 24.3 Å². The van der Waals surface area contributed by atoms with Gasteiger partial charge in [0.05, 0.1) is 17.8 Å². The fourth-order valence-corrected chi connectivity index (χ4v) is 2.64. The van der Waals surface area contributed by atoms with Crippen molar-refractivity contribution in [2.75, 3.05) is 20.2 Å². The quantitative estimate of drug-likeness (QED) is 0.914. The van der Waals surface area contributed by atoms with Gasteiger partial charge in [-0.05, 0) is 31.2 Å². The summed E-state index contributed by atoms with van der Waals surface area (Å²) in [6, 6.07) is 10.2. The molecule has 0 saturated heterocycles. The van der Waals surface area contributed by atoms with E-state index >= 15 is 0 Å². The van der Waals surface area contributed by atoms with Crippen LogP contribution in [0.2, 0.25) is 0 Å². The van der Waals surface area contributed by atoms with Crippen molar-refractivity contribution >= 4 is 11.9 Å². The van der Waals surface area contributed by atoms with Crippen LogP contribution in [-0.2, 0) is 0 Å². The number of hydrogen-bond donors (Lipinski definition) is 1. The number of nitrogens with zero attached hydrogens (tertiary/aromatic N) is 2. The third-order valence-electron chi connectivity index (χ3n) is 3.93. The number of fused-ring (bicyclic) bond motifs is 1. The lowest BCUT2D eigenvalue weighted by atomic mass is 10.1. The summed E-state index contributed by atoms with van der Waals surface area (Å²) in [7, 11) is 1.65. The number of amides is 1. The SMILES string of the molecule is Cc1nc(C(=O)N(C)C[C@H]2COc3ccccc3O2)ccc1C(=O)O. The molecule has 2 heterocycles. The van der Waals surface area contributed by atoms with Gasteiger partial charge < -0.3 is 19.5 Å². The lowest BCUT2D eigenvalue weighted by Crippen LogP contribution is -2.42. The summed E-state index contributed by atoms with van der Waals surface area (Å²) in [4.78, 5) is 29.1. The van der Waals surface area contributed by atoms with Crippen LogP contribution >= 0.6 is 0 Å². The van der Waals surface area contributed by atoms with Crippen molar-refractivity contribution in [1.29, 1.82) is 0 Å². The molecule has 1 aliphatic rings. The summed E-state index contributed by atoms with van der Waals surface area (Å²) in [6.07, 6.45) is -0.289. The number of aromatic carboxylic acids is 1. The van der Waals surface area contributed by atoms with Crippen LogP contribution in [0.5, 0.6) is 11.5 Å². The van der Waals surface area contributed by atoms with Crippen molar-refractivity contribution in [2.24, 2.45) is 0 Å². The van der Waals surface area contributed by atoms with Crippen LogP contribution in [0, 0.1) is 6.92 Å². The maximum Gasteiger partial charge on any atom is 0.337 e. The molecule has 1 amide bonds. The van der Waals surface area contributed by atoms with Crippen LogP contribution in [0.25, 0.3) is 0 Å². The number of carbonyl (C=O) groups is 2. The first-order valence-electron chi connectivity index (χ1n) is 7.80. The molecule has 25 heavy (non-hydrogen) atoms. The normalized spacial score (nSPS) is 15.5. The van der Waals surface area contributed by atoms with Gasteiger partial charge in [0.25, 0.3) is 5.91 Å².